The third-order valence-electron chi connectivity index (χ3n) is 8.73. The third kappa shape index (κ3) is 2.56. The van der Waals surface area contributed by atoms with Crippen molar-refractivity contribution in [3.05, 3.63) is 24.3 Å². The Hall–Kier alpha value is -0.520. The summed E-state index contributed by atoms with van der Waals surface area (Å²) in [6.07, 6.45) is 12.3. The second kappa shape index (κ2) is 6.08. The van der Waals surface area contributed by atoms with E-state index in [0.717, 1.165) is 30.1 Å². The molecule has 130 valence electrons. The first-order valence-electron chi connectivity index (χ1n) is 10.2. The van der Waals surface area contributed by atoms with Gasteiger partial charge in [-0.3, -0.25) is 0 Å². The van der Waals surface area contributed by atoms with Crippen LogP contribution in [0.5, 0.6) is 0 Å². The Bertz CT molecular complexity index is 486. The van der Waals surface area contributed by atoms with Gasteiger partial charge in [0, 0.05) is 0 Å². The maximum atomic E-state index is 4.58. The molecule has 0 aromatic carbocycles. The topological polar surface area (TPSA) is 0 Å². The summed E-state index contributed by atoms with van der Waals surface area (Å²) in [6.45, 7) is 19.1. The first-order valence-corrected chi connectivity index (χ1v) is 10.2. The van der Waals surface area contributed by atoms with Gasteiger partial charge in [0.25, 0.3) is 0 Å². The Labute approximate surface area is 144 Å². The SMILES string of the molecule is C=C(CC)C1C2CCC(=C)C2(C)CCC1C1(C)CCCCC1C. The fraction of sp³-hybridized carbons (Fsp3) is 0.826. The Morgan fingerprint density at radius 1 is 1.09 bits per heavy atom. The van der Waals surface area contributed by atoms with Crippen LogP contribution in [0.4, 0.5) is 0 Å². The Morgan fingerprint density at radius 3 is 2.48 bits per heavy atom. The van der Waals surface area contributed by atoms with Gasteiger partial charge >= 0.3 is 0 Å². The summed E-state index contributed by atoms with van der Waals surface area (Å²) in [6, 6.07) is 0. The lowest BCUT2D eigenvalue weighted by Gasteiger charge is -2.56. The van der Waals surface area contributed by atoms with Crippen molar-refractivity contribution < 1.29 is 0 Å². The quantitative estimate of drug-likeness (QED) is 0.484. The standard InChI is InChI=1S/C23H38/c1-7-16(2)21-19-12-11-18(4)23(19,6)15-13-20(21)22(5)14-9-8-10-17(22)3/h17,19-21H,2,4,7-15H2,1,3,5-6H3. The van der Waals surface area contributed by atoms with Gasteiger partial charge in [0.15, 0.2) is 0 Å². The maximum Gasteiger partial charge on any atom is -0.00848 e. The Balaban J connectivity index is 1.97. The van der Waals surface area contributed by atoms with Crippen LogP contribution in [0.25, 0.3) is 0 Å². The van der Waals surface area contributed by atoms with Crippen molar-refractivity contribution in [2.45, 2.75) is 85.5 Å². The molecule has 3 fully saturated rings. The normalized spacial score (nSPS) is 47.4. The highest BCUT2D eigenvalue weighted by atomic mass is 14.6. The van der Waals surface area contributed by atoms with Crippen molar-refractivity contribution in [3.8, 4) is 0 Å². The van der Waals surface area contributed by atoms with Gasteiger partial charge in [0.1, 0.15) is 0 Å². The highest BCUT2D eigenvalue weighted by Crippen LogP contribution is 2.64. The molecule has 0 aliphatic heterocycles. The van der Waals surface area contributed by atoms with Gasteiger partial charge in [0.2, 0.25) is 0 Å². The van der Waals surface area contributed by atoms with Gasteiger partial charge in [-0.1, -0.05) is 71.3 Å². The lowest BCUT2D eigenvalue weighted by molar-refractivity contribution is -0.0412. The molecule has 0 radical (unpaired) electrons. The first kappa shape index (κ1) is 17.3. The molecule has 3 aliphatic carbocycles. The van der Waals surface area contributed by atoms with Crippen LogP contribution in [0.1, 0.15) is 85.5 Å². The van der Waals surface area contributed by atoms with E-state index in [1.807, 2.05) is 0 Å². The van der Waals surface area contributed by atoms with Crippen molar-refractivity contribution in [1.82, 2.24) is 0 Å². The van der Waals surface area contributed by atoms with Gasteiger partial charge < -0.3 is 0 Å². The first-order chi connectivity index (χ1) is 10.8. The van der Waals surface area contributed by atoms with E-state index < -0.39 is 0 Å². The van der Waals surface area contributed by atoms with Crippen molar-refractivity contribution in [2.75, 3.05) is 0 Å². The minimum absolute atomic E-state index is 0.396. The molecular weight excluding hydrogens is 276 g/mol. The van der Waals surface area contributed by atoms with Gasteiger partial charge in [0.05, 0.1) is 0 Å². The highest BCUT2D eigenvalue weighted by Gasteiger charge is 2.55. The summed E-state index contributed by atoms with van der Waals surface area (Å²) < 4.78 is 0. The molecule has 0 saturated heterocycles. The van der Waals surface area contributed by atoms with Crippen molar-refractivity contribution in [2.24, 2.45) is 34.5 Å². The number of hydrogen-bond donors (Lipinski definition) is 0. The average molecular weight is 315 g/mol. The minimum atomic E-state index is 0.396. The smallest absolute Gasteiger partial charge is 0.00848 e. The predicted octanol–water partition coefficient (Wildman–Crippen LogP) is 7.17. The van der Waals surface area contributed by atoms with Crippen LogP contribution < -0.4 is 0 Å². The molecule has 0 nitrogen and oxygen atoms in total. The zero-order valence-electron chi connectivity index (χ0n) is 16.1. The van der Waals surface area contributed by atoms with Crippen LogP contribution in [-0.2, 0) is 0 Å². The number of rotatable bonds is 3. The molecule has 0 aromatic rings. The summed E-state index contributed by atoms with van der Waals surface area (Å²) in [5, 5.41) is 0. The molecule has 3 saturated carbocycles. The second-order valence-corrected chi connectivity index (χ2v) is 9.50. The lowest BCUT2D eigenvalue weighted by Crippen LogP contribution is -2.48. The third-order valence-corrected chi connectivity index (χ3v) is 8.73. The molecule has 0 N–H and O–H groups in total. The van der Waals surface area contributed by atoms with E-state index in [4.69, 9.17) is 0 Å². The minimum Gasteiger partial charge on any atom is -0.0996 e. The van der Waals surface area contributed by atoms with E-state index in [9.17, 15) is 0 Å². The van der Waals surface area contributed by atoms with Crippen molar-refractivity contribution >= 4 is 0 Å². The van der Waals surface area contributed by atoms with Crippen LogP contribution >= 0.6 is 0 Å². The van der Waals surface area contributed by atoms with Crippen LogP contribution in [0.3, 0.4) is 0 Å². The van der Waals surface area contributed by atoms with Crippen molar-refractivity contribution in [3.63, 3.8) is 0 Å². The molecule has 0 aromatic heterocycles. The van der Waals surface area contributed by atoms with E-state index >= 15 is 0 Å². The lowest BCUT2D eigenvalue weighted by atomic mass is 9.48. The zero-order chi connectivity index (χ0) is 16.8. The summed E-state index contributed by atoms with van der Waals surface area (Å²) >= 11 is 0. The number of hydrogen-bond acceptors (Lipinski definition) is 0. The molecule has 0 heterocycles. The molecule has 0 spiro atoms. The number of fused-ring (bicyclic) bond motifs is 1. The van der Waals surface area contributed by atoms with E-state index in [-0.39, 0.29) is 0 Å². The van der Waals surface area contributed by atoms with E-state index in [1.165, 1.54) is 56.9 Å². The summed E-state index contributed by atoms with van der Waals surface area (Å²) in [7, 11) is 0. The summed E-state index contributed by atoms with van der Waals surface area (Å²) in [5.74, 6) is 3.28. The van der Waals surface area contributed by atoms with E-state index in [0.29, 0.717) is 10.8 Å². The van der Waals surface area contributed by atoms with Crippen LogP contribution in [0.15, 0.2) is 24.3 Å². The van der Waals surface area contributed by atoms with Crippen molar-refractivity contribution in [1.29, 1.82) is 0 Å². The Morgan fingerprint density at radius 2 is 1.83 bits per heavy atom. The largest absolute Gasteiger partial charge is 0.0996 e. The van der Waals surface area contributed by atoms with Gasteiger partial charge in [-0.2, -0.15) is 0 Å². The van der Waals surface area contributed by atoms with Crippen LogP contribution in [0.2, 0.25) is 0 Å². The van der Waals surface area contributed by atoms with Gasteiger partial charge in [-0.05, 0) is 73.0 Å². The second-order valence-electron chi connectivity index (χ2n) is 9.50. The molecule has 3 aliphatic rings. The van der Waals surface area contributed by atoms with Crippen LogP contribution in [0, 0.1) is 34.5 Å². The molecule has 0 heteroatoms. The van der Waals surface area contributed by atoms with E-state index in [1.54, 1.807) is 5.57 Å². The molecule has 6 unspecified atom stereocenters. The monoisotopic (exact) mass is 314 g/mol. The molecule has 6 atom stereocenters. The maximum absolute atomic E-state index is 4.58. The molecule has 23 heavy (non-hydrogen) atoms. The molecule has 0 bridgehead atoms. The molecular formula is C23H38. The average Bonchev–Trinajstić information content (AvgIpc) is 2.84. The number of allylic oxidation sites excluding steroid dienone is 2. The predicted molar refractivity (Wildman–Crippen MR) is 101 cm³/mol. The summed E-state index contributed by atoms with van der Waals surface area (Å²) in [5.41, 5.74) is 4.01. The fourth-order valence-electron chi connectivity index (χ4n) is 6.68. The van der Waals surface area contributed by atoms with Crippen LogP contribution in [-0.4, -0.2) is 0 Å². The van der Waals surface area contributed by atoms with Gasteiger partial charge in [-0.15, -0.1) is 0 Å². The van der Waals surface area contributed by atoms with Gasteiger partial charge in [-0.25, -0.2) is 0 Å². The highest BCUT2D eigenvalue weighted by molar-refractivity contribution is 5.24. The fourth-order valence-corrected chi connectivity index (χ4v) is 6.68. The van der Waals surface area contributed by atoms with E-state index in [2.05, 4.69) is 40.9 Å². The summed E-state index contributed by atoms with van der Waals surface area (Å²) in [4.78, 5) is 0. The zero-order valence-corrected chi connectivity index (χ0v) is 16.1. The Kier molecular flexibility index (Phi) is 4.58. The molecule has 0 amide bonds. The molecule has 3 rings (SSSR count).